The molecule has 1 heterocycles. The van der Waals surface area contributed by atoms with Crippen molar-refractivity contribution in [2.45, 2.75) is 69.8 Å². The van der Waals surface area contributed by atoms with Gasteiger partial charge in [-0.3, -0.25) is 0 Å². The number of aliphatic hydroxyl groups is 1. The van der Waals surface area contributed by atoms with Gasteiger partial charge < -0.3 is 9.63 Å². The molecule has 0 bridgehead atoms. The fourth-order valence-corrected chi connectivity index (χ4v) is 2.17. The van der Waals surface area contributed by atoms with Crippen LogP contribution in [0.25, 0.3) is 0 Å². The van der Waals surface area contributed by atoms with Crippen molar-refractivity contribution in [3.63, 3.8) is 0 Å². The van der Waals surface area contributed by atoms with Gasteiger partial charge in [0, 0.05) is 18.3 Å². The third-order valence-corrected chi connectivity index (χ3v) is 3.53. The average molecular weight is 274 g/mol. The van der Waals surface area contributed by atoms with Crippen LogP contribution in [0.3, 0.4) is 0 Å². The molecule has 2 rings (SSSR count). The molecule has 1 aliphatic rings. The highest BCUT2D eigenvalue weighted by Crippen LogP contribution is 2.39. The summed E-state index contributed by atoms with van der Waals surface area (Å²) < 4.78 is 31.3. The SMILES string of the molecule is CC(C)(C)c1noc(CC2(O)CCC(F)(F)CC2)n1. The molecule has 6 heteroatoms. The van der Waals surface area contributed by atoms with Crippen molar-refractivity contribution in [2.75, 3.05) is 0 Å². The molecule has 19 heavy (non-hydrogen) atoms. The molecule has 1 aromatic heterocycles. The van der Waals surface area contributed by atoms with Crippen LogP contribution in [0, 0.1) is 0 Å². The molecule has 1 aliphatic carbocycles. The highest BCUT2D eigenvalue weighted by Gasteiger charge is 2.43. The Labute approximate surface area is 111 Å². The van der Waals surface area contributed by atoms with E-state index in [1.165, 1.54) is 0 Å². The maximum atomic E-state index is 13.1. The van der Waals surface area contributed by atoms with E-state index in [1.54, 1.807) is 0 Å². The fourth-order valence-electron chi connectivity index (χ4n) is 2.17. The standard InChI is InChI=1S/C13H20F2N2O2/c1-11(2,3)10-16-9(19-17-10)8-12(18)4-6-13(14,15)7-5-12/h18H,4-8H2,1-3H3. The first-order valence-corrected chi connectivity index (χ1v) is 6.53. The number of hydrogen-bond donors (Lipinski definition) is 1. The Morgan fingerprint density at radius 3 is 2.26 bits per heavy atom. The van der Waals surface area contributed by atoms with Crippen LogP contribution in [0.5, 0.6) is 0 Å². The molecule has 0 amide bonds. The highest BCUT2D eigenvalue weighted by atomic mass is 19.3. The third-order valence-electron chi connectivity index (χ3n) is 3.53. The second kappa shape index (κ2) is 4.51. The lowest BCUT2D eigenvalue weighted by atomic mass is 9.80. The van der Waals surface area contributed by atoms with Crippen LogP contribution in [-0.2, 0) is 11.8 Å². The third kappa shape index (κ3) is 3.49. The van der Waals surface area contributed by atoms with Gasteiger partial charge in [-0.2, -0.15) is 4.98 Å². The summed E-state index contributed by atoms with van der Waals surface area (Å²) in [5, 5.41) is 14.2. The van der Waals surface area contributed by atoms with Crippen molar-refractivity contribution in [3.05, 3.63) is 11.7 Å². The van der Waals surface area contributed by atoms with E-state index in [4.69, 9.17) is 4.52 Å². The summed E-state index contributed by atoms with van der Waals surface area (Å²) in [5.41, 5.74) is -1.38. The van der Waals surface area contributed by atoms with E-state index in [0.29, 0.717) is 11.7 Å². The second-order valence-corrected chi connectivity index (χ2v) is 6.52. The smallest absolute Gasteiger partial charge is 0.248 e. The second-order valence-electron chi connectivity index (χ2n) is 6.52. The van der Waals surface area contributed by atoms with Gasteiger partial charge in [0.1, 0.15) is 0 Å². The molecule has 108 valence electrons. The quantitative estimate of drug-likeness (QED) is 0.901. The number of rotatable bonds is 2. The van der Waals surface area contributed by atoms with Crippen molar-refractivity contribution in [1.29, 1.82) is 0 Å². The molecule has 0 aliphatic heterocycles. The first-order valence-electron chi connectivity index (χ1n) is 6.53. The summed E-state index contributed by atoms with van der Waals surface area (Å²) in [6, 6.07) is 0. The van der Waals surface area contributed by atoms with E-state index < -0.39 is 11.5 Å². The lowest BCUT2D eigenvalue weighted by Crippen LogP contribution is -2.40. The lowest BCUT2D eigenvalue weighted by Gasteiger charge is -2.34. The minimum absolute atomic E-state index is 0.0627. The molecule has 0 saturated heterocycles. The van der Waals surface area contributed by atoms with E-state index in [2.05, 4.69) is 10.1 Å². The molecule has 0 aromatic carbocycles. The van der Waals surface area contributed by atoms with Crippen LogP contribution in [0.1, 0.15) is 58.2 Å². The number of hydrogen-bond acceptors (Lipinski definition) is 4. The first kappa shape index (κ1) is 14.4. The lowest BCUT2D eigenvalue weighted by molar-refractivity contribution is -0.105. The maximum absolute atomic E-state index is 13.1. The Bertz CT molecular complexity index is 442. The van der Waals surface area contributed by atoms with Crippen LogP contribution in [0.2, 0.25) is 0 Å². The minimum atomic E-state index is -2.66. The number of alkyl halides is 2. The van der Waals surface area contributed by atoms with Crippen molar-refractivity contribution in [1.82, 2.24) is 10.1 Å². The number of nitrogens with zero attached hydrogens (tertiary/aromatic N) is 2. The Balaban J connectivity index is 2.03. The molecule has 0 unspecified atom stereocenters. The summed E-state index contributed by atoms with van der Waals surface area (Å²) in [5.74, 6) is -1.78. The fraction of sp³-hybridized carbons (Fsp3) is 0.846. The molecule has 4 nitrogen and oxygen atoms in total. The van der Waals surface area contributed by atoms with E-state index in [1.807, 2.05) is 20.8 Å². The highest BCUT2D eigenvalue weighted by molar-refractivity contribution is 5.02. The zero-order valence-corrected chi connectivity index (χ0v) is 11.5. The van der Waals surface area contributed by atoms with Crippen molar-refractivity contribution in [3.8, 4) is 0 Å². The van der Waals surface area contributed by atoms with Crippen LogP contribution >= 0.6 is 0 Å². The topological polar surface area (TPSA) is 59.2 Å². The van der Waals surface area contributed by atoms with E-state index in [9.17, 15) is 13.9 Å². The molecule has 1 aromatic rings. The molecule has 1 saturated carbocycles. The van der Waals surface area contributed by atoms with E-state index >= 15 is 0 Å². The normalized spacial score (nSPS) is 22.4. The monoisotopic (exact) mass is 274 g/mol. The van der Waals surface area contributed by atoms with Crippen LogP contribution in [-0.4, -0.2) is 26.8 Å². The van der Waals surface area contributed by atoms with Crippen LogP contribution in [0.15, 0.2) is 4.52 Å². The van der Waals surface area contributed by atoms with Crippen molar-refractivity contribution < 1.29 is 18.4 Å². The van der Waals surface area contributed by atoms with Gasteiger partial charge in [0.05, 0.1) is 12.0 Å². The first-order chi connectivity index (χ1) is 8.60. The van der Waals surface area contributed by atoms with Crippen molar-refractivity contribution in [2.24, 2.45) is 0 Å². The minimum Gasteiger partial charge on any atom is -0.389 e. The van der Waals surface area contributed by atoms with Crippen molar-refractivity contribution >= 4 is 0 Å². The molecule has 0 spiro atoms. The van der Waals surface area contributed by atoms with Gasteiger partial charge in [-0.25, -0.2) is 8.78 Å². The molecular weight excluding hydrogens is 254 g/mol. The van der Waals surface area contributed by atoms with Gasteiger partial charge >= 0.3 is 0 Å². The van der Waals surface area contributed by atoms with Crippen LogP contribution < -0.4 is 0 Å². The zero-order valence-electron chi connectivity index (χ0n) is 11.5. The summed E-state index contributed by atoms with van der Waals surface area (Å²) in [7, 11) is 0. The Kier molecular flexibility index (Phi) is 3.41. The van der Waals surface area contributed by atoms with Gasteiger partial charge in [-0.05, 0) is 12.8 Å². The van der Waals surface area contributed by atoms with Gasteiger partial charge in [0.15, 0.2) is 5.82 Å². The number of halogens is 2. The van der Waals surface area contributed by atoms with Gasteiger partial charge in [0.25, 0.3) is 0 Å². The molecule has 0 radical (unpaired) electrons. The van der Waals surface area contributed by atoms with Gasteiger partial charge in [-0.15, -0.1) is 0 Å². The van der Waals surface area contributed by atoms with Gasteiger partial charge in [-0.1, -0.05) is 25.9 Å². The molecule has 1 N–H and O–H groups in total. The summed E-state index contributed by atoms with van der Waals surface area (Å²) in [4.78, 5) is 4.23. The predicted molar refractivity (Wildman–Crippen MR) is 65.1 cm³/mol. The molecule has 0 atom stereocenters. The molecule has 1 fully saturated rings. The van der Waals surface area contributed by atoms with E-state index in [0.717, 1.165) is 0 Å². The van der Waals surface area contributed by atoms with Crippen LogP contribution in [0.4, 0.5) is 8.78 Å². The Morgan fingerprint density at radius 2 is 1.79 bits per heavy atom. The zero-order chi connectivity index (χ0) is 14.3. The Morgan fingerprint density at radius 1 is 1.21 bits per heavy atom. The predicted octanol–water partition coefficient (Wildman–Crippen LogP) is 2.85. The molecular formula is C13H20F2N2O2. The summed E-state index contributed by atoms with van der Waals surface area (Å²) in [6.07, 6.45) is -0.305. The van der Waals surface area contributed by atoms with E-state index in [-0.39, 0.29) is 37.5 Å². The summed E-state index contributed by atoms with van der Waals surface area (Å²) in [6.45, 7) is 5.87. The Hall–Kier alpha value is -1.04. The maximum Gasteiger partial charge on any atom is 0.248 e. The number of aromatic nitrogens is 2. The largest absolute Gasteiger partial charge is 0.389 e. The van der Waals surface area contributed by atoms with Gasteiger partial charge in [0.2, 0.25) is 11.8 Å². The average Bonchev–Trinajstić information content (AvgIpc) is 2.71. The summed E-state index contributed by atoms with van der Waals surface area (Å²) >= 11 is 0.